The van der Waals surface area contributed by atoms with Crippen molar-refractivity contribution in [3.05, 3.63) is 29.6 Å². The number of hydrogen-bond donors (Lipinski definition) is 1. The SMILES string of the molecule is CC(N)Cc1c(F)cccc1N1CC2CCCC2C1. The molecule has 0 spiro atoms. The molecule has 1 saturated carbocycles. The van der Waals surface area contributed by atoms with E-state index in [1.54, 1.807) is 6.07 Å². The Morgan fingerprint density at radius 1 is 1.32 bits per heavy atom. The molecule has 3 heteroatoms. The molecule has 1 aromatic rings. The van der Waals surface area contributed by atoms with E-state index in [-0.39, 0.29) is 11.9 Å². The molecule has 2 fully saturated rings. The Bertz CT molecular complexity index is 446. The summed E-state index contributed by atoms with van der Waals surface area (Å²) >= 11 is 0. The molecule has 2 aliphatic rings. The van der Waals surface area contributed by atoms with Gasteiger partial charge in [0.1, 0.15) is 5.82 Å². The quantitative estimate of drug-likeness (QED) is 0.907. The van der Waals surface area contributed by atoms with Crippen LogP contribution in [0.4, 0.5) is 10.1 Å². The van der Waals surface area contributed by atoms with E-state index in [1.165, 1.54) is 19.3 Å². The van der Waals surface area contributed by atoms with Crippen molar-refractivity contribution in [3.63, 3.8) is 0 Å². The molecular formula is C16H23FN2. The van der Waals surface area contributed by atoms with Gasteiger partial charge in [-0.1, -0.05) is 12.5 Å². The molecule has 0 bridgehead atoms. The van der Waals surface area contributed by atoms with Crippen molar-refractivity contribution in [2.24, 2.45) is 17.6 Å². The number of anilines is 1. The fraction of sp³-hybridized carbons (Fsp3) is 0.625. The second-order valence-corrected chi connectivity index (χ2v) is 6.27. The molecule has 2 nitrogen and oxygen atoms in total. The smallest absolute Gasteiger partial charge is 0.128 e. The maximum Gasteiger partial charge on any atom is 0.128 e. The van der Waals surface area contributed by atoms with Gasteiger partial charge in [-0.15, -0.1) is 0 Å². The summed E-state index contributed by atoms with van der Waals surface area (Å²) in [6.45, 7) is 4.13. The molecule has 1 aliphatic carbocycles. The predicted octanol–water partition coefficient (Wildman–Crippen LogP) is 2.95. The van der Waals surface area contributed by atoms with Crippen molar-refractivity contribution in [2.75, 3.05) is 18.0 Å². The number of hydrogen-bond acceptors (Lipinski definition) is 2. The molecule has 2 N–H and O–H groups in total. The van der Waals surface area contributed by atoms with Crippen LogP contribution in [0.3, 0.4) is 0 Å². The molecule has 1 aliphatic heterocycles. The maximum atomic E-state index is 14.1. The molecule has 1 saturated heterocycles. The Hall–Kier alpha value is -1.09. The van der Waals surface area contributed by atoms with Gasteiger partial charge in [-0.25, -0.2) is 4.39 Å². The van der Waals surface area contributed by atoms with Gasteiger partial charge in [-0.2, -0.15) is 0 Å². The Labute approximate surface area is 114 Å². The van der Waals surface area contributed by atoms with Gasteiger partial charge in [0.25, 0.3) is 0 Å². The van der Waals surface area contributed by atoms with Crippen molar-refractivity contribution in [1.29, 1.82) is 0 Å². The highest BCUT2D eigenvalue weighted by atomic mass is 19.1. The fourth-order valence-corrected chi connectivity index (χ4v) is 3.80. The van der Waals surface area contributed by atoms with Crippen molar-refractivity contribution in [1.82, 2.24) is 0 Å². The third-order valence-electron chi connectivity index (χ3n) is 4.69. The predicted molar refractivity (Wildman–Crippen MR) is 76.8 cm³/mol. The topological polar surface area (TPSA) is 29.3 Å². The average molecular weight is 262 g/mol. The third kappa shape index (κ3) is 2.48. The lowest BCUT2D eigenvalue weighted by molar-refractivity contribution is 0.494. The van der Waals surface area contributed by atoms with Crippen LogP contribution < -0.4 is 10.6 Å². The number of benzene rings is 1. The number of halogens is 1. The summed E-state index contributed by atoms with van der Waals surface area (Å²) in [4.78, 5) is 2.38. The lowest BCUT2D eigenvalue weighted by atomic mass is 10.0. The minimum absolute atomic E-state index is 0.00208. The zero-order chi connectivity index (χ0) is 13.4. The van der Waals surface area contributed by atoms with E-state index < -0.39 is 0 Å². The number of nitrogens with zero attached hydrogens (tertiary/aromatic N) is 1. The zero-order valence-electron chi connectivity index (χ0n) is 11.6. The van der Waals surface area contributed by atoms with Crippen molar-refractivity contribution < 1.29 is 4.39 Å². The van der Waals surface area contributed by atoms with E-state index in [4.69, 9.17) is 5.73 Å². The van der Waals surface area contributed by atoms with Gasteiger partial charge in [0.2, 0.25) is 0 Å². The highest BCUT2D eigenvalue weighted by Gasteiger charge is 2.36. The molecule has 1 aromatic carbocycles. The van der Waals surface area contributed by atoms with Crippen LogP contribution in [0.25, 0.3) is 0 Å². The molecule has 0 aromatic heterocycles. The first kappa shape index (κ1) is 12.9. The zero-order valence-corrected chi connectivity index (χ0v) is 11.6. The van der Waals surface area contributed by atoms with Crippen LogP contribution in [0.15, 0.2) is 18.2 Å². The normalized spacial score (nSPS) is 27.6. The van der Waals surface area contributed by atoms with Gasteiger partial charge >= 0.3 is 0 Å². The summed E-state index contributed by atoms with van der Waals surface area (Å²) in [5.74, 6) is 1.55. The second kappa shape index (κ2) is 5.12. The minimum Gasteiger partial charge on any atom is -0.371 e. The standard InChI is InChI=1S/C16H23FN2/c1-11(18)8-14-15(17)6-3-7-16(14)19-9-12-4-2-5-13(12)10-19/h3,6-7,11-13H,2,4-5,8-10,18H2,1H3. The Balaban J connectivity index is 1.86. The second-order valence-electron chi connectivity index (χ2n) is 6.27. The van der Waals surface area contributed by atoms with E-state index >= 15 is 0 Å². The van der Waals surface area contributed by atoms with Crippen LogP contribution in [-0.2, 0) is 6.42 Å². The van der Waals surface area contributed by atoms with E-state index in [2.05, 4.69) is 11.0 Å². The van der Waals surface area contributed by atoms with Crippen LogP contribution >= 0.6 is 0 Å². The van der Waals surface area contributed by atoms with E-state index in [1.807, 2.05) is 13.0 Å². The summed E-state index contributed by atoms with van der Waals surface area (Å²) in [6, 6.07) is 5.43. The van der Waals surface area contributed by atoms with Crippen LogP contribution in [0.5, 0.6) is 0 Å². The van der Waals surface area contributed by atoms with Crippen LogP contribution in [-0.4, -0.2) is 19.1 Å². The molecule has 0 radical (unpaired) electrons. The summed E-state index contributed by atoms with van der Waals surface area (Å²) in [5.41, 5.74) is 7.75. The van der Waals surface area contributed by atoms with Crippen molar-refractivity contribution in [2.45, 2.75) is 38.6 Å². The molecule has 3 rings (SSSR count). The van der Waals surface area contributed by atoms with E-state index in [0.717, 1.165) is 36.2 Å². The summed E-state index contributed by atoms with van der Waals surface area (Å²) < 4.78 is 14.1. The van der Waals surface area contributed by atoms with E-state index in [9.17, 15) is 4.39 Å². The number of fused-ring (bicyclic) bond motifs is 1. The Kier molecular flexibility index (Phi) is 3.48. The number of rotatable bonds is 3. The lowest BCUT2D eigenvalue weighted by Crippen LogP contribution is -2.25. The first-order chi connectivity index (χ1) is 9.15. The monoisotopic (exact) mass is 262 g/mol. The molecule has 0 amide bonds. The number of nitrogens with two attached hydrogens (primary N) is 1. The first-order valence-corrected chi connectivity index (χ1v) is 7.43. The fourth-order valence-electron chi connectivity index (χ4n) is 3.80. The summed E-state index contributed by atoms with van der Waals surface area (Å²) in [6.07, 6.45) is 4.69. The summed E-state index contributed by atoms with van der Waals surface area (Å²) in [7, 11) is 0. The lowest BCUT2D eigenvalue weighted by Gasteiger charge is -2.24. The van der Waals surface area contributed by atoms with Crippen LogP contribution in [0, 0.1) is 17.7 Å². The van der Waals surface area contributed by atoms with Crippen molar-refractivity contribution >= 4 is 5.69 Å². The van der Waals surface area contributed by atoms with Crippen LogP contribution in [0.1, 0.15) is 31.7 Å². The molecule has 104 valence electrons. The molecule has 19 heavy (non-hydrogen) atoms. The average Bonchev–Trinajstić information content (AvgIpc) is 2.91. The van der Waals surface area contributed by atoms with Gasteiger partial charge in [-0.05, 0) is 50.2 Å². The van der Waals surface area contributed by atoms with Gasteiger partial charge in [0.05, 0.1) is 0 Å². The maximum absolute atomic E-state index is 14.1. The van der Waals surface area contributed by atoms with Gasteiger partial charge in [0, 0.05) is 30.4 Å². The third-order valence-corrected chi connectivity index (χ3v) is 4.69. The summed E-state index contributed by atoms with van der Waals surface area (Å²) in [5, 5.41) is 0. The molecule has 3 unspecified atom stereocenters. The highest BCUT2D eigenvalue weighted by Crippen LogP contribution is 2.40. The van der Waals surface area contributed by atoms with Gasteiger partial charge in [0.15, 0.2) is 0 Å². The minimum atomic E-state index is -0.105. The molecular weight excluding hydrogens is 239 g/mol. The molecule has 1 heterocycles. The van der Waals surface area contributed by atoms with Crippen molar-refractivity contribution in [3.8, 4) is 0 Å². The Morgan fingerprint density at radius 2 is 2.00 bits per heavy atom. The largest absolute Gasteiger partial charge is 0.371 e. The van der Waals surface area contributed by atoms with E-state index in [0.29, 0.717) is 6.42 Å². The Morgan fingerprint density at radius 3 is 2.63 bits per heavy atom. The highest BCUT2D eigenvalue weighted by molar-refractivity contribution is 5.55. The van der Waals surface area contributed by atoms with Crippen LogP contribution in [0.2, 0.25) is 0 Å². The molecule has 3 atom stereocenters. The van der Waals surface area contributed by atoms with Gasteiger partial charge < -0.3 is 10.6 Å². The van der Waals surface area contributed by atoms with Gasteiger partial charge in [-0.3, -0.25) is 0 Å². The first-order valence-electron chi connectivity index (χ1n) is 7.43.